The Balaban J connectivity index is 2.06. The van der Waals surface area contributed by atoms with E-state index >= 15 is 0 Å². The van der Waals surface area contributed by atoms with E-state index < -0.39 is 5.97 Å². The zero-order chi connectivity index (χ0) is 21.9. The van der Waals surface area contributed by atoms with E-state index in [2.05, 4.69) is 10.1 Å². The molecule has 0 fully saturated rings. The number of ether oxygens (including phenoxy) is 5. The number of benzene rings is 2. The molecule has 0 heterocycles. The standard InChI is InChI=1S/C22H27NO7/c1-5-10-29-18-8-6-15(11-19(18)27-3)13-23-22(25)16-7-9-17(26-2)20(12-16)30-14-21(24)28-4/h6-9,11-12H,5,10,13-14H2,1-4H3,(H,23,25). The van der Waals surface area contributed by atoms with Crippen LogP contribution in [0.25, 0.3) is 0 Å². The number of carbonyl (C=O) groups is 2. The molecule has 30 heavy (non-hydrogen) atoms. The second kappa shape index (κ2) is 11.5. The van der Waals surface area contributed by atoms with Gasteiger partial charge in [-0.25, -0.2) is 4.79 Å². The van der Waals surface area contributed by atoms with E-state index in [1.54, 1.807) is 19.2 Å². The van der Waals surface area contributed by atoms with Gasteiger partial charge >= 0.3 is 5.97 Å². The first-order valence-electron chi connectivity index (χ1n) is 9.47. The van der Waals surface area contributed by atoms with Crippen LogP contribution in [0.4, 0.5) is 0 Å². The largest absolute Gasteiger partial charge is 0.493 e. The lowest BCUT2D eigenvalue weighted by atomic mass is 10.1. The molecule has 162 valence electrons. The number of amides is 1. The maximum Gasteiger partial charge on any atom is 0.343 e. The average Bonchev–Trinajstić information content (AvgIpc) is 2.79. The molecule has 0 aliphatic rings. The normalized spacial score (nSPS) is 10.1. The molecular weight excluding hydrogens is 390 g/mol. The number of methoxy groups -OCH3 is 3. The summed E-state index contributed by atoms with van der Waals surface area (Å²) < 4.78 is 26.2. The Kier molecular flexibility index (Phi) is 8.80. The summed E-state index contributed by atoms with van der Waals surface area (Å²) in [6.07, 6.45) is 0.897. The predicted octanol–water partition coefficient (Wildman–Crippen LogP) is 2.97. The molecule has 8 nitrogen and oxygen atoms in total. The maximum atomic E-state index is 12.6. The maximum absolute atomic E-state index is 12.6. The Morgan fingerprint density at radius 2 is 1.60 bits per heavy atom. The van der Waals surface area contributed by atoms with Gasteiger partial charge in [-0.15, -0.1) is 0 Å². The summed E-state index contributed by atoms with van der Waals surface area (Å²) in [5.74, 6) is 1.12. The quantitative estimate of drug-likeness (QED) is 0.562. The first-order chi connectivity index (χ1) is 14.5. The third kappa shape index (κ3) is 6.30. The topological polar surface area (TPSA) is 92.3 Å². The van der Waals surface area contributed by atoms with Gasteiger partial charge in [-0.3, -0.25) is 4.79 Å². The van der Waals surface area contributed by atoms with E-state index in [1.165, 1.54) is 20.3 Å². The molecule has 8 heteroatoms. The third-order valence-corrected chi connectivity index (χ3v) is 4.14. The van der Waals surface area contributed by atoms with Crippen LogP contribution in [0.5, 0.6) is 23.0 Å². The fraction of sp³-hybridized carbons (Fsp3) is 0.364. The van der Waals surface area contributed by atoms with Crippen molar-refractivity contribution in [3.63, 3.8) is 0 Å². The van der Waals surface area contributed by atoms with E-state index in [0.717, 1.165) is 12.0 Å². The zero-order valence-corrected chi connectivity index (χ0v) is 17.7. The highest BCUT2D eigenvalue weighted by molar-refractivity contribution is 5.94. The Hall–Kier alpha value is -3.42. The third-order valence-electron chi connectivity index (χ3n) is 4.14. The van der Waals surface area contributed by atoms with E-state index in [-0.39, 0.29) is 18.3 Å². The molecular formula is C22H27NO7. The van der Waals surface area contributed by atoms with Crippen molar-refractivity contribution >= 4 is 11.9 Å². The van der Waals surface area contributed by atoms with Crippen molar-refractivity contribution in [3.8, 4) is 23.0 Å². The first-order valence-corrected chi connectivity index (χ1v) is 9.47. The molecule has 0 saturated heterocycles. The number of nitrogens with one attached hydrogen (secondary N) is 1. The molecule has 0 unspecified atom stereocenters. The summed E-state index contributed by atoms with van der Waals surface area (Å²) in [4.78, 5) is 23.9. The fourth-order valence-corrected chi connectivity index (χ4v) is 2.56. The van der Waals surface area contributed by atoms with Crippen molar-refractivity contribution in [2.75, 3.05) is 34.5 Å². The molecule has 0 radical (unpaired) electrons. The molecule has 0 saturated carbocycles. The van der Waals surface area contributed by atoms with Crippen molar-refractivity contribution in [2.45, 2.75) is 19.9 Å². The molecule has 0 bridgehead atoms. The van der Waals surface area contributed by atoms with Gasteiger partial charge in [0.15, 0.2) is 29.6 Å². The number of carbonyl (C=O) groups excluding carboxylic acids is 2. The van der Waals surface area contributed by atoms with Crippen molar-refractivity contribution < 1.29 is 33.3 Å². The molecule has 0 aliphatic carbocycles. The van der Waals surface area contributed by atoms with Gasteiger partial charge in [0.05, 0.1) is 27.9 Å². The van der Waals surface area contributed by atoms with Crippen LogP contribution >= 0.6 is 0 Å². The van der Waals surface area contributed by atoms with E-state index in [4.69, 9.17) is 18.9 Å². The van der Waals surface area contributed by atoms with Gasteiger partial charge in [0, 0.05) is 12.1 Å². The Morgan fingerprint density at radius 1 is 0.867 bits per heavy atom. The molecule has 2 aromatic rings. The first kappa shape index (κ1) is 22.9. The average molecular weight is 417 g/mol. The zero-order valence-electron chi connectivity index (χ0n) is 17.7. The van der Waals surface area contributed by atoms with Crippen molar-refractivity contribution in [3.05, 3.63) is 47.5 Å². The second-order valence-corrected chi connectivity index (χ2v) is 6.25. The fourth-order valence-electron chi connectivity index (χ4n) is 2.56. The van der Waals surface area contributed by atoms with Crippen LogP contribution < -0.4 is 24.3 Å². The summed E-state index contributed by atoms with van der Waals surface area (Å²) in [5.41, 5.74) is 1.23. The second-order valence-electron chi connectivity index (χ2n) is 6.25. The molecule has 0 aromatic heterocycles. The number of hydrogen-bond acceptors (Lipinski definition) is 7. The van der Waals surface area contributed by atoms with Crippen LogP contribution in [-0.4, -0.2) is 46.4 Å². The number of esters is 1. The van der Waals surface area contributed by atoms with Crippen LogP contribution in [0, 0.1) is 0 Å². The van der Waals surface area contributed by atoms with Gasteiger partial charge in [0.1, 0.15) is 0 Å². The summed E-state index contributed by atoms with van der Waals surface area (Å²) in [6, 6.07) is 10.2. The minimum absolute atomic E-state index is 0.273. The van der Waals surface area contributed by atoms with Crippen molar-refractivity contribution in [1.82, 2.24) is 5.32 Å². The van der Waals surface area contributed by atoms with E-state index in [9.17, 15) is 9.59 Å². The van der Waals surface area contributed by atoms with Gasteiger partial charge in [-0.1, -0.05) is 13.0 Å². The summed E-state index contributed by atoms with van der Waals surface area (Å²) >= 11 is 0. The van der Waals surface area contributed by atoms with Gasteiger partial charge in [0.25, 0.3) is 5.91 Å². The monoisotopic (exact) mass is 417 g/mol. The Labute approximate surface area is 176 Å². The summed E-state index contributed by atoms with van der Waals surface area (Å²) in [6.45, 7) is 2.64. The van der Waals surface area contributed by atoms with Crippen LogP contribution in [0.1, 0.15) is 29.3 Å². The van der Waals surface area contributed by atoms with Gasteiger partial charge < -0.3 is 29.0 Å². The lowest BCUT2D eigenvalue weighted by molar-refractivity contribution is -0.142. The van der Waals surface area contributed by atoms with Crippen LogP contribution in [0.15, 0.2) is 36.4 Å². The van der Waals surface area contributed by atoms with Crippen molar-refractivity contribution in [2.24, 2.45) is 0 Å². The Bertz CT molecular complexity index is 867. The highest BCUT2D eigenvalue weighted by atomic mass is 16.6. The highest BCUT2D eigenvalue weighted by Gasteiger charge is 2.13. The minimum Gasteiger partial charge on any atom is -0.493 e. The van der Waals surface area contributed by atoms with Gasteiger partial charge in [0.2, 0.25) is 0 Å². The lowest BCUT2D eigenvalue weighted by Gasteiger charge is -2.13. The predicted molar refractivity (Wildman–Crippen MR) is 110 cm³/mol. The Morgan fingerprint density at radius 3 is 2.27 bits per heavy atom. The molecule has 2 aromatic carbocycles. The van der Waals surface area contributed by atoms with E-state index in [1.807, 2.05) is 25.1 Å². The molecule has 1 N–H and O–H groups in total. The minimum atomic E-state index is -0.535. The SMILES string of the molecule is CCCOc1ccc(CNC(=O)c2ccc(OC)c(OCC(=O)OC)c2)cc1OC. The van der Waals surface area contributed by atoms with Crippen LogP contribution in [0.3, 0.4) is 0 Å². The molecule has 2 rings (SSSR count). The molecule has 0 aliphatic heterocycles. The van der Waals surface area contributed by atoms with E-state index in [0.29, 0.717) is 36.0 Å². The number of rotatable bonds is 11. The smallest absolute Gasteiger partial charge is 0.343 e. The lowest BCUT2D eigenvalue weighted by Crippen LogP contribution is -2.23. The number of hydrogen-bond donors (Lipinski definition) is 1. The highest BCUT2D eigenvalue weighted by Crippen LogP contribution is 2.29. The molecule has 0 spiro atoms. The summed E-state index contributed by atoms with van der Waals surface area (Å²) in [5, 5.41) is 2.85. The van der Waals surface area contributed by atoms with Gasteiger partial charge in [-0.05, 0) is 42.3 Å². The van der Waals surface area contributed by atoms with Gasteiger partial charge in [-0.2, -0.15) is 0 Å². The molecule has 1 amide bonds. The van der Waals surface area contributed by atoms with Crippen LogP contribution in [0.2, 0.25) is 0 Å². The van der Waals surface area contributed by atoms with Crippen molar-refractivity contribution in [1.29, 1.82) is 0 Å². The summed E-state index contributed by atoms with van der Waals surface area (Å²) in [7, 11) is 4.31. The molecule has 0 atom stereocenters. The van der Waals surface area contributed by atoms with Crippen LogP contribution in [-0.2, 0) is 16.1 Å².